The Kier molecular flexibility index (Phi) is 4.29. The molecule has 0 spiro atoms. The Morgan fingerprint density at radius 1 is 1.35 bits per heavy atom. The monoisotopic (exact) mass is 332 g/mol. The third-order valence-electron chi connectivity index (χ3n) is 3.75. The molecule has 1 aliphatic rings. The first-order valence-corrected chi connectivity index (χ1v) is 7.74. The van der Waals surface area contributed by atoms with Gasteiger partial charge in [0.1, 0.15) is 12.0 Å². The fraction of sp³-hybridized carbons (Fsp3) is 0.312. The smallest absolute Gasteiger partial charge is 0.313 e. The maximum Gasteiger partial charge on any atom is 0.313 e. The van der Waals surface area contributed by atoms with Crippen molar-refractivity contribution in [1.29, 1.82) is 0 Å². The maximum atomic E-state index is 12.3. The summed E-state index contributed by atoms with van der Waals surface area (Å²) in [5.41, 5.74) is 0.879. The Morgan fingerprint density at radius 2 is 2.09 bits per heavy atom. The van der Waals surface area contributed by atoms with E-state index in [4.69, 9.17) is 21.7 Å². The average molecular weight is 332 g/mol. The number of hydrogen-bond donors (Lipinski definition) is 2. The molecule has 1 aromatic carbocycles. The number of carbonyl (C=O) groups is 1. The predicted molar refractivity (Wildman–Crippen MR) is 85.9 cm³/mol. The molecule has 23 heavy (non-hydrogen) atoms. The summed E-state index contributed by atoms with van der Waals surface area (Å²) in [5.74, 6) is -0.655. The standard InChI is InChI=1S/C16H16N2O4S/c1-2-21-15(20)10-8-11-13(19)17-16(23)18-14(11)22-12(10)9-6-4-3-5-7-9/h3-7,10,12H,2,8H2,1H3,(H2,17,18,19,23)/t10-,12-/m0/s1. The van der Waals surface area contributed by atoms with Crippen molar-refractivity contribution in [2.45, 2.75) is 19.4 Å². The first kappa shape index (κ1) is 15.5. The van der Waals surface area contributed by atoms with Crippen LogP contribution in [-0.4, -0.2) is 22.5 Å². The van der Waals surface area contributed by atoms with Crippen molar-refractivity contribution in [3.63, 3.8) is 0 Å². The van der Waals surface area contributed by atoms with Crippen LogP contribution in [0.3, 0.4) is 0 Å². The summed E-state index contributed by atoms with van der Waals surface area (Å²) in [7, 11) is 0. The number of carbonyl (C=O) groups excluding carboxylic acids is 1. The molecule has 2 N–H and O–H groups in total. The summed E-state index contributed by atoms with van der Waals surface area (Å²) in [4.78, 5) is 29.8. The van der Waals surface area contributed by atoms with Gasteiger partial charge >= 0.3 is 5.97 Å². The zero-order valence-electron chi connectivity index (χ0n) is 12.5. The van der Waals surface area contributed by atoms with Crippen molar-refractivity contribution < 1.29 is 14.3 Å². The minimum Gasteiger partial charge on any atom is -0.469 e. The van der Waals surface area contributed by atoms with Crippen LogP contribution < -0.4 is 10.3 Å². The van der Waals surface area contributed by atoms with Crippen molar-refractivity contribution >= 4 is 18.2 Å². The van der Waals surface area contributed by atoms with Gasteiger partial charge in [0.25, 0.3) is 5.56 Å². The van der Waals surface area contributed by atoms with E-state index in [0.29, 0.717) is 11.4 Å². The van der Waals surface area contributed by atoms with Gasteiger partial charge in [-0.05, 0) is 24.7 Å². The molecule has 0 unspecified atom stereocenters. The van der Waals surface area contributed by atoms with Crippen LogP contribution in [0.25, 0.3) is 0 Å². The Bertz CT molecular complexity index is 828. The Balaban J connectivity index is 2.06. The lowest BCUT2D eigenvalue weighted by Crippen LogP contribution is -2.36. The molecule has 0 saturated carbocycles. The third kappa shape index (κ3) is 3.05. The molecule has 0 radical (unpaired) electrons. The van der Waals surface area contributed by atoms with Crippen LogP contribution in [0.15, 0.2) is 35.1 Å². The van der Waals surface area contributed by atoms with Crippen molar-refractivity contribution in [2.24, 2.45) is 5.92 Å². The van der Waals surface area contributed by atoms with E-state index in [1.54, 1.807) is 6.92 Å². The lowest BCUT2D eigenvalue weighted by molar-refractivity contribution is -0.152. The highest BCUT2D eigenvalue weighted by atomic mass is 32.1. The van der Waals surface area contributed by atoms with Crippen LogP contribution in [0.2, 0.25) is 0 Å². The summed E-state index contributed by atoms with van der Waals surface area (Å²) < 4.78 is 11.3. The van der Waals surface area contributed by atoms with Crippen LogP contribution in [0.4, 0.5) is 0 Å². The van der Waals surface area contributed by atoms with Gasteiger partial charge in [-0.3, -0.25) is 14.6 Å². The summed E-state index contributed by atoms with van der Waals surface area (Å²) in [6.45, 7) is 2.02. The van der Waals surface area contributed by atoms with Gasteiger partial charge in [0.15, 0.2) is 4.77 Å². The molecule has 0 saturated heterocycles. The SMILES string of the molecule is CCOC(=O)[C@H]1Cc2c([nH]c(=S)[nH]c2=O)O[C@H]1c1ccccc1. The second-order valence-electron chi connectivity index (χ2n) is 5.23. The number of fused-ring (bicyclic) bond motifs is 1. The first-order chi connectivity index (χ1) is 11.1. The van der Waals surface area contributed by atoms with Crippen LogP contribution >= 0.6 is 12.2 Å². The number of benzene rings is 1. The Hall–Kier alpha value is -2.41. The number of rotatable bonds is 3. The van der Waals surface area contributed by atoms with E-state index >= 15 is 0 Å². The zero-order valence-corrected chi connectivity index (χ0v) is 13.3. The zero-order chi connectivity index (χ0) is 16.4. The van der Waals surface area contributed by atoms with Crippen molar-refractivity contribution in [3.05, 3.63) is 56.6 Å². The number of aromatic nitrogens is 2. The average Bonchev–Trinajstić information content (AvgIpc) is 2.54. The van der Waals surface area contributed by atoms with Crippen LogP contribution in [-0.2, 0) is 16.0 Å². The molecule has 0 fully saturated rings. The maximum absolute atomic E-state index is 12.3. The van der Waals surface area contributed by atoms with E-state index in [1.165, 1.54) is 0 Å². The van der Waals surface area contributed by atoms with E-state index in [1.807, 2.05) is 30.3 Å². The number of ether oxygens (including phenoxy) is 2. The molecule has 7 heteroatoms. The van der Waals surface area contributed by atoms with Gasteiger partial charge in [-0.25, -0.2) is 0 Å². The fourth-order valence-corrected chi connectivity index (χ4v) is 2.90. The van der Waals surface area contributed by atoms with E-state index in [9.17, 15) is 9.59 Å². The van der Waals surface area contributed by atoms with Crippen LogP contribution in [0.1, 0.15) is 24.2 Å². The van der Waals surface area contributed by atoms with Gasteiger partial charge in [-0.2, -0.15) is 0 Å². The summed E-state index contributed by atoms with van der Waals surface area (Å²) in [6, 6.07) is 9.39. The Morgan fingerprint density at radius 3 is 2.78 bits per heavy atom. The number of esters is 1. The molecule has 0 aliphatic carbocycles. The van der Waals surface area contributed by atoms with E-state index in [-0.39, 0.29) is 29.3 Å². The normalized spacial score (nSPS) is 19.5. The first-order valence-electron chi connectivity index (χ1n) is 7.34. The minimum atomic E-state index is -0.588. The van der Waals surface area contributed by atoms with Gasteiger partial charge in [0.05, 0.1) is 12.2 Å². The predicted octanol–water partition coefficient (Wildman–Crippen LogP) is 2.29. The second-order valence-corrected chi connectivity index (χ2v) is 5.64. The van der Waals surface area contributed by atoms with Gasteiger partial charge in [-0.15, -0.1) is 0 Å². The van der Waals surface area contributed by atoms with Gasteiger partial charge in [0, 0.05) is 6.42 Å². The number of nitrogens with one attached hydrogen (secondary N) is 2. The van der Waals surface area contributed by atoms with E-state index in [0.717, 1.165) is 5.56 Å². The highest BCUT2D eigenvalue weighted by molar-refractivity contribution is 7.71. The molecule has 6 nitrogen and oxygen atoms in total. The number of H-pyrrole nitrogens is 2. The summed E-state index contributed by atoms with van der Waals surface area (Å²) in [5, 5.41) is 0. The molecule has 1 aromatic heterocycles. The largest absolute Gasteiger partial charge is 0.469 e. The minimum absolute atomic E-state index is 0.190. The van der Waals surface area contributed by atoms with Crippen molar-refractivity contribution in [3.8, 4) is 5.88 Å². The van der Waals surface area contributed by atoms with Crippen LogP contribution in [0.5, 0.6) is 5.88 Å². The van der Waals surface area contributed by atoms with Gasteiger partial charge < -0.3 is 14.5 Å². The van der Waals surface area contributed by atoms with E-state index < -0.39 is 12.0 Å². The fourth-order valence-electron chi connectivity index (χ4n) is 2.71. The molecular weight excluding hydrogens is 316 g/mol. The number of aromatic amines is 2. The number of hydrogen-bond acceptors (Lipinski definition) is 5. The Labute approximate surface area is 137 Å². The van der Waals surface area contributed by atoms with Crippen molar-refractivity contribution in [2.75, 3.05) is 6.61 Å². The summed E-state index contributed by atoms with van der Waals surface area (Å²) in [6.07, 6.45) is -0.301. The quantitative estimate of drug-likeness (QED) is 0.665. The molecule has 2 heterocycles. The highest BCUT2D eigenvalue weighted by Crippen LogP contribution is 2.36. The summed E-state index contributed by atoms with van der Waals surface area (Å²) >= 11 is 4.98. The molecule has 2 atom stereocenters. The topological polar surface area (TPSA) is 84.2 Å². The van der Waals surface area contributed by atoms with Crippen molar-refractivity contribution in [1.82, 2.24) is 9.97 Å². The molecule has 1 aliphatic heterocycles. The third-order valence-corrected chi connectivity index (χ3v) is 3.96. The van der Waals surface area contributed by atoms with Gasteiger partial charge in [-0.1, -0.05) is 30.3 Å². The molecule has 0 bridgehead atoms. The van der Waals surface area contributed by atoms with Gasteiger partial charge in [0.2, 0.25) is 5.88 Å². The molecule has 3 rings (SSSR count). The lowest BCUT2D eigenvalue weighted by Gasteiger charge is -2.31. The highest BCUT2D eigenvalue weighted by Gasteiger charge is 2.38. The lowest BCUT2D eigenvalue weighted by atomic mass is 9.88. The molecule has 2 aromatic rings. The van der Waals surface area contributed by atoms with E-state index in [2.05, 4.69) is 9.97 Å². The molecule has 0 amide bonds. The van der Waals surface area contributed by atoms with Crippen LogP contribution in [0, 0.1) is 10.7 Å². The molecule has 120 valence electrons. The molecular formula is C16H16N2O4S. The second kappa shape index (κ2) is 6.37.